The molecule has 0 amide bonds. The number of hydrogen-bond acceptors (Lipinski definition) is 3. The number of carboxylic acid groups (broad SMARTS) is 1. The minimum atomic E-state index is -0.781. The van der Waals surface area contributed by atoms with E-state index >= 15 is 0 Å². The lowest BCUT2D eigenvalue weighted by Gasteiger charge is -2.17. The van der Waals surface area contributed by atoms with Gasteiger partial charge < -0.3 is 15.2 Å². The van der Waals surface area contributed by atoms with Crippen LogP contribution in [0.3, 0.4) is 0 Å². The van der Waals surface area contributed by atoms with Crippen LogP contribution < -0.4 is 5.32 Å². The molecule has 0 bridgehead atoms. The van der Waals surface area contributed by atoms with Gasteiger partial charge in [0.05, 0.1) is 0 Å². The zero-order valence-electron chi connectivity index (χ0n) is 9.25. The van der Waals surface area contributed by atoms with Gasteiger partial charge in [0.15, 0.2) is 0 Å². The van der Waals surface area contributed by atoms with Crippen LogP contribution in [0.25, 0.3) is 0 Å². The molecule has 1 unspecified atom stereocenters. The average molecular weight is 203 g/mol. The molecule has 0 aliphatic rings. The Morgan fingerprint density at radius 3 is 2.57 bits per heavy atom. The number of carbonyl (C=O) groups is 1. The standard InChI is InChI=1S/C10H21NO3/c1-4-14-7-5-6-11-9(8(2)3)10(12)13/h8-9,11H,4-7H2,1-3H3,(H,12,13). The Morgan fingerprint density at radius 2 is 2.14 bits per heavy atom. The van der Waals surface area contributed by atoms with E-state index in [1.54, 1.807) is 0 Å². The molecule has 0 fully saturated rings. The van der Waals surface area contributed by atoms with Crippen LogP contribution in [0.2, 0.25) is 0 Å². The van der Waals surface area contributed by atoms with Gasteiger partial charge in [-0.25, -0.2) is 0 Å². The first kappa shape index (κ1) is 13.4. The minimum Gasteiger partial charge on any atom is -0.480 e. The highest BCUT2D eigenvalue weighted by Crippen LogP contribution is 2.01. The van der Waals surface area contributed by atoms with Crippen LogP contribution in [0.15, 0.2) is 0 Å². The summed E-state index contributed by atoms with van der Waals surface area (Å²) in [6.07, 6.45) is 0.852. The van der Waals surface area contributed by atoms with Crippen molar-refractivity contribution < 1.29 is 14.6 Å². The van der Waals surface area contributed by atoms with Crippen LogP contribution >= 0.6 is 0 Å². The Hall–Kier alpha value is -0.610. The van der Waals surface area contributed by atoms with Gasteiger partial charge in [0, 0.05) is 13.2 Å². The van der Waals surface area contributed by atoms with Crippen molar-refractivity contribution in [2.24, 2.45) is 5.92 Å². The SMILES string of the molecule is CCOCCCNC(C(=O)O)C(C)C. The third-order valence-corrected chi connectivity index (χ3v) is 1.97. The van der Waals surface area contributed by atoms with Crippen molar-refractivity contribution in [2.75, 3.05) is 19.8 Å². The molecular weight excluding hydrogens is 182 g/mol. The van der Waals surface area contributed by atoms with Crippen molar-refractivity contribution in [3.8, 4) is 0 Å². The van der Waals surface area contributed by atoms with Crippen LogP contribution in [0.1, 0.15) is 27.2 Å². The first-order valence-corrected chi connectivity index (χ1v) is 5.13. The smallest absolute Gasteiger partial charge is 0.320 e. The normalized spacial score (nSPS) is 13.1. The zero-order valence-corrected chi connectivity index (χ0v) is 9.25. The second kappa shape index (κ2) is 7.76. The van der Waals surface area contributed by atoms with Crippen molar-refractivity contribution in [3.63, 3.8) is 0 Å². The third kappa shape index (κ3) is 5.94. The van der Waals surface area contributed by atoms with Gasteiger partial charge in [-0.2, -0.15) is 0 Å². The molecule has 14 heavy (non-hydrogen) atoms. The van der Waals surface area contributed by atoms with E-state index in [1.165, 1.54) is 0 Å². The van der Waals surface area contributed by atoms with Crippen LogP contribution in [0, 0.1) is 5.92 Å². The van der Waals surface area contributed by atoms with Crippen LogP contribution in [0.4, 0.5) is 0 Å². The van der Waals surface area contributed by atoms with E-state index in [2.05, 4.69) is 5.32 Å². The maximum atomic E-state index is 10.8. The molecule has 0 aromatic carbocycles. The predicted molar refractivity (Wildman–Crippen MR) is 55.4 cm³/mol. The number of rotatable bonds is 8. The highest BCUT2D eigenvalue weighted by molar-refractivity contribution is 5.73. The predicted octanol–water partition coefficient (Wildman–Crippen LogP) is 1.11. The first-order chi connectivity index (χ1) is 6.59. The third-order valence-electron chi connectivity index (χ3n) is 1.97. The Bertz CT molecular complexity index is 159. The van der Waals surface area contributed by atoms with Crippen LogP contribution in [0.5, 0.6) is 0 Å². The van der Waals surface area contributed by atoms with Crippen molar-refractivity contribution in [2.45, 2.75) is 33.2 Å². The number of aliphatic carboxylic acids is 1. The van der Waals surface area contributed by atoms with E-state index in [-0.39, 0.29) is 5.92 Å². The Kier molecular flexibility index (Phi) is 7.42. The van der Waals surface area contributed by atoms with E-state index < -0.39 is 12.0 Å². The van der Waals surface area contributed by atoms with E-state index in [0.717, 1.165) is 6.42 Å². The van der Waals surface area contributed by atoms with Gasteiger partial charge in [-0.3, -0.25) is 4.79 Å². The molecule has 84 valence electrons. The lowest BCUT2D eigenvalue weighted by Crippen LogP contribution is -2.41. The fourth-order valence-corrected chi connectivity index (χ4v) is 1.18. The van der Waals surface area contributed by atoms with Crippen molar-refractivity contribution >= 4 is 5.97 Å². The lowest BCUT2D eigenvalue weighted by atomic mass is 10.0. The molecule has 0 radical (unpaired) electrons. The Morgan fingerprint density at radius 1 is 1.50 bits per heavy atom. The van der Waals surface area contributed by atoms with E-state index in [4.69, 9.17) is 9.84 Å². The molecule has 0 saturated carbocycles. The molecule has 4 heteroatoms. The molecule has 0 aliphatic heterocycles. The second-order valence-corrected chi connectivity index (χ2v) is 3.56. The molecule has 2 N–H and O–H groups in total. The number of ether oxygens (including phenoxy) is 1. The topological polar surface area (TPSA) is 58.6 Å². The molecule has 0 aromatic rings. The van der Waals surface area contributed by atoms with Crippen molar-refractivity contribution in [3.05, 3.63) is 0 Å². The molecule has 0 rings (SSSR count). The number of carboxylic acids is 1. The van der Waals surface area contributed by atoms with Gasteiger partial charge in [0.2, 0.25) is 0 Å². The zero-order chi connectivity index (χ0) is 11.0. The van der Waals surface area contributed by atoms with Gasteiger partial charge in [0.1, 0.15) is 6.04 Å². The van der Waals surface area contributed by atoms with Crippen molar-refractivity contribution in [1.29, 1.82) is 0 Å². The summed E-state index contributed by atoms with van der Waals surface area (Å²) in [5, 5.41) is 11.9. The monoisotopic (exact) mass is 203 g/mol. The molecule has 1 atom stereocenters. The molecule has 4 nitrogen and oxygen atoms in total. The summed E-state index contributed by atoms with van der Waals surface area (Å²) >= 11 is 0. The van der Waals surface area contributed by atoms with Crippen LogP contribution in [-0.4, -0.2) is 36.9 Å². The van der Waals surface area contributed by atoms with E-state index in [9.17, 15) is 4.79 Å². The van der Waals surface area contributed by atoms with Gasteiger partial charge in [-0.05, 0) is 25.8 Å². The summed E-state index contributed by atoms with van der Waals surface area (Å²) < 4.78 is 5.15. The number of nitrogens with one attached hydrogen (secondary N) is 1. The minimum absolute atomic E-state index is 0.111. The second-order valence-electron chi connectivity index (χ2n) is 3.56. The summed E-state index contributed by atoms with van der Waals surface area (Å²) in [4.78, 5) is 10.8. The van der Waals surface area contributed by atoms with Gasteiger partial charge in [-0.15, -0.1) is 0 Å². The van der Waals surface area contributed by atoms with E-state index in [1.807, 2.05) is 20.8 Å². The average Bonchev–Trinajstić information content (AvgIpc) is 2.09. The fraction of sp³-hybridized carbons (Fsp3) is 0.900. The largest absolute Gasteiger partial charge is 0.480 e. The first-order valence-electron chi connectivity index (χ1n) is 5.13. The summed E-state index contributed by atoms with van der Waals surface area (Å²) in [6, 6.07) is -0.448. The number of hydrogen-bond donors (Lipinski definition) is 2. The van der Waals surface area contributed by atoms with Gasteiger partial charge >= 0.3 is 5.97 Å². The molecule has 0 aliphatic carbocycles. The molecule has 0 heterocycles. The Labute approximate surface area is 85.6 Å². The summed E-state index contributed by atoms with van der Waals surface area (Å²) in [6.45, 7) is 7.83. The Balaban J connectivity index is 3.57. The molecular formula is C10H21NO3. The summed E-state index contributed by atoms with van der Waals surface area (Å²) in [7, 11) is 0. The molecule has 0 saturated heterocycles. The fourth-order valence-electron chi connectivity index (χ4n) is 1.18. The highest BCUT2D eigenvalue weighted by atomic mass is 16.5. The molecule has 0 aromatic heterocycles. The maximum Gasteiger partial charge on any atom is 0.320 e. The van der Waals surface area contributed by atoms with Crippen molar-refractivity contribution in [1.82, 2.24) is 5.32 Å². The van der Waals surface area contributed by atoms with Crippen LogP contribution in [-0.2, 0) is 9.53 Å². The van der Waals surface area contributed by atoms with Gasteiger partial charge in [0.25, 0.3) is 0 Å². The summed E-state index contributed by atoms with van der Waals surface area (Å²) in [5.74, 6) is -0.670. The van der Waals surface area contributed by atoms with Gasteiger partial charge in [-0.1, -0.05) is 13.8 Å². The summed E-state index contributed by atoms with van der Waals surface area (Å²) in [5.41, 5.74) is 0. The highest BCUT2D eigenvalue weighted by Gasteiger charge is 2.19. The molecule has 0 spiro atoms. The lowest BCUT2D eigenvalue weighted by molar-refractivity contribution is -0.140. The maximum absolute atomic E-state index is 10.8. The van der Waals surface area contributed by atoms with E-state index in [0.29, 0.717) is 19.8 Å². The quantitative estimate of drug-likeness (QED) is 0.580.